The third kappa shape index (κ3) is 2.16. The third-order valence-corrected chi connectivity index (χ3v) is 3.28. The van der Waals surface area contributed by atoms with Crippen LogP contribution >= 0.6 is 0 Å². The number of nitrogens with two attached hydrogens (primary N) is 1. The number of aryl methyl sites for hydroxylation is 1. The molecule has 0 amide bonds. The number of aromatic nitrogens is 2. The van der Waals surface area contributed by atoms with Gasteiger partial charge in [-0.05, 0) is 36.8 Å². The van der Waals surface area contributed by atoms with Crippen LogP contribution in [-0.2, 0) is 0 Å². The highest BCUT2D eigenvalue weighted by molar-refractivity contribution is 5.81. The Bertz CT molecular complexity index is 767. The Labute approximate surface area is 117 Å². The van der Waals surface area contributed by atoms with Gasteiger partial charge in [-0.25, -0.2) is 9.97 Å². The maximum Gasteiger partial charge on any atom is 0.176 e. The molecule has 4 nitrogen and oxygen atoms in total. The Morgan fingerprint density at radius 3 is 2.35 bits per heavy atom. The average Bonchev–Trinajstić information content (AvgIpc) is 2.46. The van der Waals surface area contributed by atoms with Crippen LogP contribution < -0.4 is 10.6 Å². The molecule has 0 unspecified atom stereocenters. The van der Waals surface area contributed by atoms with E-state index in [0.29, 0.717) is 11.6 Å². The van der Waals surface area contributed by atoms with Crippen molar-refractivity contribution in [2.24, 2.45) is 0 Å². The van der Waals surface area contributed by atoms with Crippen molar-refractivity contribution in [1.29, 1.82) is 0 Å². The molecule has 0 fully saturated rings. The Kier molecular flexibility index (Phi) is 2.99. The minimum atomic E-state index is 0.438. The summed E-state index contributed by atoms with van der Waals surface area (Å²) in [6, 6.07) is 15.9. The number of nitrogens with zero attached hydrogens (tertiary/aromatic N) is 3. The van der Waals surface area contributed by atoms with Gasteiger partial charge >= 0.3 is 0 Å². The van der Waals surface area contributed by atoms with Crippen molar-refractivity contribution in [2.45, 2.75) is 6.92 Å². The molecule has 100 valence electrons. The fourth-order valence-corrected chi connectivity index (χ4v) is 2.21. The van der Waals surface area contributed by atoms with Gasteiger partial charge in [-0.1, -0.05) is 24.3 Å². The molecule has 2 aromatic carbocycles. The molecule has 0 spiro atoms. The summed E-state index contributed by atoms with van der Waals surface area (Å²) in [6.07, 6.45) is 0. The number of hydrogen-bond donors (Lipinski definition) is 1. The van der Waals surface area contributed by atoms with Gasteiger partial charge < -0.3 is 10.6 Å². The van der Waals surface area contributed by atoms with Gasteiger partial charge in [-0.3, -0.25) is 0 Å². The average molecular weight is 264 g/mol. The first-order valence-electron chi connectivity index (χ1n) is 6.48. The summed E-state index contributed by atoms with van der Waals surface area (Å²) in [5.74, 6) is 1.11. The maximum absolute atomic E-state index is 6.05. The summed E-state index contributed by atoms with van der Waals surface area (Å²) >= 11 is 0. The van der Waals surface area contributed by atoms with E-state index in [2.05, 4.69) is 29.0 Å². The Morgan fingerprint density at radius 1 is 0.950 bits per heavy atom. The number of hydrogen-bond acceptors (Lipinski definition) is 4. The number of fused-ring (bicyclic) bond motifs is 1. The van der Waals surface area contributed by atoms with Crippen molar-refractivity contribution in [3.05, 3.63) is 54.1 Å². The monoisotopic (exact) mass is 264 g/mol. The number of benzene rings is 2. The Hall–Kier alpha value is -2.62. The van der Waals surface area contributed by atoms with Gasteiger partial charge in [0.15, 0.2) is 11.6 Å². The SMILES string of the molecule is Cc1cccc(N(C)c2nc3ccccc3nc2N)c1. The van der Waals surface area contributed by atoms with Crippen LogP contribution in [-0.4, -0.2) is 17.0 Å². The zero-order chi connectivity index (χ0) is 14.1. The standard InChI is InChI=1S/C16H16N4/c1-11-6-5-7-12(10-11)20(2)16-15(17)18-13-8-3-4-9-14(13)19-16/h3-10H,1-2H3,(H2,17,18). The Morgan fingerprint density at radius 2 is 1.65 bits per heavy atom. The normalized spacial score (nSPS) is 10.7. The van der Waals surface area contributed by atoms with E-state index in [-0.39, 0.29) is 0 Å². The van der Waals surface area contributed by atoms with Crippen LogP contribution in [0.5, 0.6) is 0 Å². The minimum absolute atomic E-state index is 0.438. The van der Waals surface area contributed by atoms with Gasteiger partial charge in [0.1, 0.15) is 0 Å². The van der Waals surface area contributed by atoms with Gasteiger partial charge in [0.05, 0.1) is 11.0 Å². The molecule has 0 radical (unpaired) electrons. The molecular weight excluding hydrogens is 248 g/mol. The van der Waals surface area contributed by atoms with Crippen molar-refractivity contribution in [3.63, 3.8) is 0 Å². The molecule has 0 saturated heterocycles. The van der Waals surface area contributed by atoms with Crippen molar-refractivity contribution in [2.75, 3.05) is 17.7 Å². The van der Waals surface area contributed by atoms with Gasteiger partial charge in [0.25, 0.3) is 0 Å². The lowest BCUT2D eigenvalue weighted by atomic mass is 10.2. The van der Waals surface area contributed by atoms with E-state index in [9.17, 15) is 0 Å². The molecule has 4 heteroatoms. The molecule has 0 aliphatic heterocycles. The van der Waals surface area contributed by atoms with E-state index in [1.165, 1.54) is 5.56 Å². The molecule has 0 atom stereocenters. The summed E-state index contributed by atoms with van der Waals surface area (Å²) in [6.45, 7) is 2.06. The minimum Gasteiger partial charge on any atom is -0.381 e. The molecule has 0 aliphatic carbocycles. The maximum atomic E-state index is 6.05. The lowest BCUT2D eigenvalue weighted by Gasteiger charge is -2.20. The van der Waals surface area contributed by atoms with Crippen LogP contribution in [0.4, 0.5) is 17.3 Å². The van der Waals surface area contributed by atoms with E-state index in [1.807, 2.05) is 48.3 Å². The largest absolute Gasteiger partial charge is 0.381 e. The molecule has 0 aliphatic rings. The molecule has 0 bridgehead atoms. The van der Waals surface area contributed by atoms with Crippen LogP contribution in [0, 0.1) is 6.92 Å². The second-order valence-electron chi connectivity index (χ2n) is 4.82. The van der Waals surface area contributed by atoms with E-state index in [0.717, 1.165) is 16.7 Å². The molecule has 2 N–H and O–H groups in total. The van der Waals surface area contributed by atoms with Crippen LogP contribution in [0.25, 0.3) is 11.0 Å². The highest BCUT2D eigenvalue weighted by atomic mass is 15.2. The first-order valence-corrected chi connectivity index (χ1v) is 6.48. The highest BCUT2D eigenvalue weighted by Crippen LogP contribution is 2.28. The number of para-hydroxylation sites is 2. The zero-order valence-electron chi connectivity index (χ0n) is 11.5. The number of anilines is 3. The fourth-order valence-electron chi connectivity index (χ4n) is 2.21. The quantitative estimate of drug-likeness (QED) is 0.771. The first kappa shape index (κ1) is 12.4. The highest BCUT2D eigenvalue weighted by Gasteiger charge is 2.12. The van der Waals surface area contributed by atoms with E-state index >= 15 is 0 Å². The lowest BCUT2D eigenvalue weighted by molar-refractivity contribution is 1.12. The summed E-state index contributed by atoms with van der Waals surface area (Å²) < 4.78 is 0. The number of nitrogen functional groups attached to an aromatic ring is 1. The van der Waals surface area contributed by atoms with Gasteiger partial charge in [0.2, 0.25) is 0 Å². The first-order chi connectivity index (χ1) is 9.65. The molecule has 20 heavy (non-hydrogen) atoms. The molecule has 1 heterocycles. The van der Waals surface area contributed by atoms with Gasteiger partial charge in [-0.15, -0.1) is 0 Å². The predicted octanol–water partition coefficient (Wildman–Crippen LogP) is 3.29. The Balaban J connectivity index is 2.11. The van der Waals surface area contributed by atoms with Crippen LogP contribution in [0.1, 0.15) is 5.56 Å². The van der Waals surface area contributed by atoms with Crippen molar-refractivity contribution < 1.29 is 0 Å². The summed E-state index contributed by atoms with van der Waals surface area (Å²) in [5, 5.41) is 0. The molecule has 1 aromatic heterocycles. The topological polar surface area (TPSA) is 55.0 Å². The summed E-state index contributed by atoms with van der Waals surface area (Å²) in [5.41, 5.74) is 9.94. The zero-order valence-corrected chi connectivity index (χ0v) is 11.5. The smallest absolute Gasteiger partial charge is 0.176 e. The van der Waals surface area contributed by atoms with E-state index < -0.39 is 0 Å². The molecular formula is C16H16N4. The van der Waals surface area contributed by atoms with Crippen molar-refractivity contribution in [3.8, 4) is 0 Å². The summed E-state index contributed by atoms with van der Waals surface area (Å²) in [7, 11) is 1.95. The lowest BCUT2D eigenvalue weighted by Crippen LogP contribution is -2.14. The second kappa shape index (κ2) is 4.81. The van der Waals surface area contributed by atoms with Crippen LogP contribution in [0.15, 0.2) is 48.5 Å². The second-order valence-corrected chi connectivity index (χ2v) is 4.82. The van der Waals surface area contributed by atoms with Crippen molar-refractivity contribution >= 4 is 28.4 Å². The van der Waals surface area contributed by atoms with Gasteiger partial charge in [0, 0.05) is 12.7 Å². The van der Waals surface area contributed by atoms with Gasteiger partial charge in [-0.2, -0.15) is 0 Å². The number of rotatable bonds is 2. The fraction of sp³-hybridized carbons (Fsp3) is 0.125. The van der Waals surface area contributed by atoms with Crippen LogP contribution in [0.2, 0.25) is 0 Å². The molecule has 3 rings (SSSR count). The van der Waals surface area contributed by atoms with Crippen molar-refractivity contribution in [1.82, 2.24) is 9.97 Å². The third-order valence-electron chi connectivity index (χ3n) is 3.28. The predicted molar refractivity (Wildman–Crippen MR) is 83.2 cm³/mol. The molecule has 0 saturated carbocycles. The van der Waals surface area contributed by atoms with E-state index in [1.54, 1.807) is 0 Å². The molecule has 3 aromatic rings. The van der Waals surface area contributed by atoms with Crippen LogP contribution in [0.3, 0.4) is 0 Å². The summed E-state index contributed by atoms with van der Waals surface area (Å²) in [4.78, 5) is 11.0. The van der Waals surface area contributed by atoms with E-state index in [4.69, 9.17) is 5.73 Å².